The first-order valence-corrected chi connectivity index (χ1v) is 13.4. The highest BCUT2D eigenvalue weighted by Gasteiger charge is 2.32. The number of nitrogens with one attached hydrogen (secondary N) is 1. The Labute approximate surface area is 224 Å². The van der Waals surface area contributed by atoms with Crippen molar-refractivity contribution < 1.29 is 14.3 Å². The van der Waals surface area contributed by atoms with E-state index in [2.05, 4.69) is 5.32 Å². The maximum absolute atomic E-state index is 13.9. The van der Waals surface area contributed by atoms with E-state index in [1.807, 2.05) is 78.9 Å². The molecule has 0 spiro atoms. The maximum Gasteiger partial charge on any atom is 0.243 e. The zero-order valence-corrected chi connectivity index (χ0v) is 22.1. The third-order valence-corrected chi connectivity index (χ3v) is 7.26. The number of amides is 2. The third kappa shape index (κ3) is 7.83. The van der Waals surface area contributed by atoms with Gasteiger partial charge in [0.15, 0.2) is 0 Å². The molecule has 0 aliphatic heterocycles. The Bertz CT molecular complexity index is 1140. The van der Waals surface area contributed by atoms with Crippen molar-refractivity contribution in [1.29, 1.82) is 0 Å². The molecule has 2 amide bonds. The zero-order valence-electron chi connectivity index (χ0n) is 21.4. The molecule has 1 N–H and O–H groups in total. The fourth-order valence-electron chi connectivity index (χ4n) is 4.90. The monoisotopic (exact) mass is 518 g/mol. The molecule has 1 unspecified atom stereocenters. The predicted molar refractivity (Wildman–Crippen MR) is 148 cm³/mol. The molecule has 1 saturated carbocycles. The molecule has 3 aromatic carbocycles. The summed E-state index contributed by atoms with van der Waals surface area (Å²) in [5, 5.41) is 3.91. The van der Waals surface area contributed by atoms with Crippen molar-refractivity contribution in [2.24, 2.45) is 0 Å². The van der Waals surface area contributed by atoms with Crippen molar-refractivity contribution in [3.8, 4) is 5.75 Å². The van der Waals surface area contributed by atoms with Crippen LogP contribution in [-0.4, -0.2) is 35.9 Å². The van der Waals surface area contributed by atoms with E-state index >= 15 is 0 Å². The van der Waals surface area contributed by atoms with Crippen LogP contribution in [-0.2, 0) is 29.0 Å². The van der Waals surface area contributed by atoms with E-state index in [1.54, 1.807) is 12.0 Å². The number of benzene rings is 3. The van der Waals surface area contributed by atoms with Crippen LogP contribution in [0.2, 0.25) is 5.02 Å². The van der Waals surface area contributed by atoms with Crippen LogP contribution in [0.5, 0.6) is 5.75 Å². The Morgan fingerprint density at radius 3 is 2.19 bits per heavy atom. The number of carbonyl (C=O) groups is 2. The van der Waals surface area contributed by atoms with Gasteiger partial charge in [-0.15, -0.1) is 0 Å². The third-order valence-electron chi connectivity index (χ3n) is 7.00. The second-order valence-electron chi connectivity index (χ2n) is 9.72. The fraction of sp³-hybridized carbons (Fsp3) is 0.355. The lowest BCUT2D eigenvalue weighted by atomic mass is 9.94. The van der Waals surface area contributed by atoms with Crippen molar-refractivity contribution in [3.05, 3.63) is 101 Å². The van der Waals surface area contributed by atoms with Gasteiger partial charge >= 0.3 is 0 Å². The number of rotatable bonds is 10. The molecule has 6 heteroatoms. The number of hydrogen-bond donors (Lipinski definition) is 1. The zero-order chi connectivity index (χ0) is 26.0. The average molecular weight is 519 g/mol. The number of halogens is 1. The van der Waals surface area contributed by atoms with Crippen LogP contribution in [0, 0.1) is 0 Å². The minimum absolute atomic E-state index is 0.0900. The first-order chi connectivity index (χ1) is 18.0. The summed E-state index contributed by atoms with van der Waals surface area (Å²) in [6, 6.07) is 24.4. The summed E-state index contributed by atoms with van der Waals surface area (Å²) >= 11 is 6.12. The number of methoxy groups -OCH3 is 1. The van der Waals surface area contributed by atoms with E-state index in [1.165, 1.54) is 6.42 Å². The Balaban J connectivity index is 1.63. The number of hydrogen-bond acceptors (Lipinski definition) is 3. The predicted octanol–water partition coefficient (Wildman–Crippen LogP) is 5.98. The molecule has 194 valence electrons. The van der Waals surface area contributed by atoms with E-state index in [4.69, 9.17) is 16.3 Å². The van der Waals surface area contributed by atoms with Gasteiger partial charge in [-0.2, -0.15) is 0 Å². The van der Waals surface area contributed by atoms with Gasteiger partial charge in [-0.05, 0) is 53.8 Å². The lowest BCUT2D eigenvalue weighted by Gasteiger charge is -2.33. The highest BCUT2D eigenvalue weighted by Crippen LogP contribution is 2.21. The number of nitrogens with zero attached hydrogens (tertiary/aromatic N) is 1. The minimum Gasteiger partial charge on any atom is -0.497 e. The second kappa shape index (κ2) is 13.3. The van der Waals surface area contributed by atoms with E-state index in [-0.39, 0.29) is 24.3 Å². The van der Waals surface area contributed by atoms with Crippen LogP contribution in [0.4, 0.5) is 0 Å². The summed E-state index contributed by atoms with van der Waals surface area (Å²) in [6.45, 7) is 0.321. The van der Waals surface area contributed by atoms with Crippen LogP contribution >= 0.6 is 11.6 Å². The maximum atomic E-state index is 13.9. The van der Waals surface area contributed by atoms with Crippen molar-refractivity contribution in [2.75, 3.05) is 7.11 Å². The van der Waals surface area contributed by atoms with Gasteiger partial charge < -0.3 is 15.0 Å². The van der Waals surface area contributed by atoms with Crippen LogP contribution in [0.15, 0.2) is 78.9 Å². The Morgan fingerprint density at radius 1 is 0.892 bits per heavy atom. The van der Waals surface area contributed by atoms with E-state index in [9.17, 15) is 9.59 Å². The van der Waals surface area contributed by atoms with Gasteiger partial charge in [0.2, 0.25) is 11.8 Å². The summed E-state index contributed by atoms with van der Waals surface area (Å²) in [5.74, 6) is 0.552. The lowest BCUT2D eigenvalue weighted by Crippen LogP contribution is -2.53. The molecule has 1 fully saturated rings. The summed E-state index contributed by atoms with van der Waals surface area (Å²) in [4.78, 5) is 29.4. The average Bonchev–Trinajstić information content (AvgIpc) is 2.93. The molecule has 0 bridgehead atoms. The number of carbonyl (C=O) groups excluding carboxylic acids is 2. The molecule has 1 aliphatic rings. The quantitative estimate of drug-likeness (QED) is 0.359. The SMILES string of the molecule is COc1ccc(CC(=O)N(Cc2ccc(Cl)cc2)C(Cc2ccccc2)C(=O)NC2CCCCC2)cc1. The minimum atomic E-state index is -0.634. The highest BCUT2D eigenvalue weighted by atomic mass is 35.5. The Hall–Kier alpha value is -3.31. The van der Waals surface area contributed by atoms with Crippen molar-refractivity contribution in [2.45, 2.75) is 63.6 Å². The number of ether oxygens (including phenoxy) is 1. The normalized spacial score (nSPS) is 14.5. The van der Waals surface area contributed by atoms with Crippen LogP contribution in [0.25, 0.3) is 0 Å². The van der Waals surface area contributed by atoms with Gasteiger partial charge in [-0.3, -0.25) is 9.59 Å². The molecule has 4 rings (SSSR count). The molecular formula is C31H35ClN2O3. The Morgan fingerprint density at radius 2 is 1.54 bits per heavy atom. The summed E-state index contributed by atoms with van der Waals surface area (Å²) < 4.78 is 5.26. The first-order valence-electron chi connectivity index (χ1n) is 13.0. The smallest absolute Gasteiger partial charge is 0.243 e. The van der Waals surface area contributed by atoms with Crippen molar-refractivity contribution in [1.82, 2.24) is 10.2 Å². The topological polar surface area (TPSA) is 58.6 Å². The molecular weight excluding hydrogens is 484 g/mol. The molecule has 1 aliphatic carbocycles. The van der Waals surface area contributed by atoms with Gasteiger partial charge in [0.25, 0.3) is 0 Å². The Kier molecular flexibility index (Phi) is 9.61. The van der Waals surface area contributed by atoms with E-state index in [0.717, 1.165) is 48.1 Å². The summed E-state index contributed by atoms with van der Waals surface area (Å²) in [5.41, 5.74) is 2.82. The van der Waals surface area contributed by atoms with Crippen molar-refractivity contribution >= 4 is 23.4 Å². The van der Waals surface area contributed by atoms with Gasteiger partial charge in [0, 0.05) is 24.0 Å². The summed E-state index contributed by atoms with van der Waals surface area (Å²) in [6.07, 6.45) is 6.07. The van der Waals surface area contributed by atoms with Crippen LogP contribution in [0.3, 0.4) is 0 Å². The second-order valence-corrected chi connectivity index (χ2v) is 10.2. The van der Waals surface area contributed by atoms with Gasteiger partial charge in [-0.1, -0.05) is 85.5 Å². The van der Waals surface area contributed by atoms with Crippen molar-refractivity contribution in [3.63, 3.8) is 0 Å². The van der Waals surface area contributed by atoms with Crippen LogP contribution < -0.4 is 10.1 Å². The molecule has 3 aromatic rings. The summed E-state index contributed by atoms with van der Waals surface area (Å²) in [7, 11) is 1.62. The molecule has 1 atom stereocenters. The van der Waals surface area contributed by atoms with Gasteiger partial charge in [0.05, 0.1) is 13.5 Å². The van der Waals surface area contributed by atoms with E-state index < -0.39 is 6.04 Å². The highest BCUT2D eigenvalue weighted by molar-refractivity contribution is 6.30. The molecule has 0 saturated heterocycles. The van der Waals surface area contributed by atoms with Gasteiger partial charge in [-0.25, -0.2) is 0 Å². The van der Waals surface area contributed by atoms with E-state index in [0.29, 0.717) is 18.0 Å². The fourth-order valence-corrected chi connectivity index (χ4v) is 5.03. The largest absolute Gasteiger partial charge is 0.497 e. The first kappa shape index (κ1) is 26.7. The lowest BCUT2D eigenvalue weighted by molar-refractivity contribution is -0.141. The molecule has 0 aromatic heterocycles. The molecule has 0 heterocycles. The standard InChI is InChI=1S/C31H35ClN2O3/c1-37-28-18-14-24(15-19-28)21-30(35)34(22-25-12-16-26(32)17-13-25)29(20-23-8-4-2-5-9-23)31(36)33-27-10-6-3-7-11-27/h2,4-5,8-9,12-19,27,29H,3,6-7,10-11,20-22H2,1H3,(H,33,36). The van der Waals surface area contributed by atoms with Crippen LogP contribution in [0.1, 0.15) is 48.8 Å². The molecule has 5 nitrogen and oxygen atoms in total. The van der Waals surface area contributed by atoms with Gasteiger partial charge in [0.1, 0.15) is 11.8 Å². The molecule has 0 radical (unpaired) electrons. The molecule has 37 heavy (non-hydrogen) atoms.